The van der Waals surface area contributed by atoms with Gasteiger partial charge in [-0.15, -0.1) is 0 Å². The van der Waals surface area contributed by atoms with Crippen LogP contribution in [0.4, 0.5) is 5.69 Å². The van der Waals surface area contributed by atoms with E-state index in [1.807, 2.05) is 51.1 Å². The molecule has 1 aromatic heterocycles. The zero-order valence-corrected chi connectivity index (χ0v) is 13.1. The first-order valence-corrected chi connectivity index (χ1v) is 7.37. The minimum absolute atomic E-state index is 0.0340. The minimum Gasteiger partial charge on any atom is -0.464 e. The fourth-order valence-corrected chi connectivity index (χ4v) is 2.86. The molecule has 112 valence electrons. The molecule has 3 rings (SSSR count). The summed E-state index contributed by atoms with van der Waals surface area (Å²) in [6.45, 7) is 6.09. The molecule has 0 bridgehead atoms. The van der Waals surface area contributed by atoms with Crippen molar-refractivity contribution in [3.8, 4) is 0 Å². The molecule has 0 fully saturated rings. The number of aryl methyl sites for hydroxylation is 3. The number of rotatable bonds is 3. The van der Waals surface area contributed by atoms with Crippen LogP contribution < -0.4 is 5.32 Å². The summed E-state index contributed by atoms with van der Waals surface area (Å²) in [6.07, 6.45) is 2.00. The van der Waals surface area contributed by atoms with Crippen LogP contribution in [0.1, 0.15) is 22.3 Å². The van der Waals surface area contributed by atoms with Gasteiger partial charge in [0.2, 0.25) is 5.91 Å². The molecule has 0 saturated carbocycles. The van der Waals surface area contributed by atoms with E-state index < -0.39 is 0 Å². The lowest BCUT2D eigenvalue weighted by Crippen LogP contribution is -2.14. The third-order valence-corrected chi connectivity index (χ3v) is 3.75. The molecular weight excluding hydrogens is 274 g/mol. The van der Waals surface area contributed by atoms with Crippen LogP contribution in [0.3, 0.4) is 0 Å². The van der Waals surface area contributed by atoms with Crippen LogP contribution in [0.5, 0.6) is 0 Å². The molecule has 0 saturated heterocycles. The zero-order chi connectivity index (χ0) is 15.7. The highest BCUT2D eigenvalue weighted by molar-refractivity contribution is 5.96. The number of anilines is 1. The Morgan fingerprint density at radius 1 is 1.09 bits per heavy atom. The quantitative estimate of drug-likeness (QED) is 0.770. The Morgan fingerprint density at radius 2 is 1.91 bits per heavy atom. The average Bonchev–Trinajstić information content (AvgIpc) is 2.81. The monoisotopic (exact) mass is 293 g/mol. The third-order valence-electron chi connectivity index (χ3n) is 3.75. The topological polar surface area (TPSA) is 42.2 Å². The van der Waals surface area contributed by atoms with Crippen LogP contribution in [-0.4, -0.2) is 5.91 Å². The Kier molecular flexibility index (Phi) is 3.72. The Morgan fingerprint density at radius 3 is 2.68 bits per heavy atom. The van der Waals surface area contributed by atoms with Gasteiger partial charge >= 0.3 is 0 Å². The first-order valence-electron chi connectivity index (χ1n) is 7.37. The van der Waals surface area contributed by atoms with Gasteiger partial charge in [0.1, 0.15) is 5.58 Å². The second-order valence-electron chi connectivity index (χ2n) is 5.81. The highest BCUT2D eigenvalue weighted by Gasteiger charge is 2.13. The predicted octanol–water partition coefficient (Wildman–Crippen LogP) is 4.54. The molecule has 1 amide bonds. The normalized spacial score (nSPS) is 10.9. The number of hydrogen-bond acceptors (Lipinski definition) is 2. The van der Waals surface area contributed by atoms with Crippen LogP contribution in [0.15, 0.2) is 47.1 Å². The molecule has 0 unspecified atom stereocenters. The van der Waals surface area contributed by atoms with E-state index >= 15 is 0 Å². The summed E-state index contributed by atoms with van der Waals surface area (Å²) in [7, 11) is 0. The van der Waals surface area contributed by atoms with Gasteiger partial charge < -0.3 is 9.73 Å². The van der Waals surface area contributed by atoms with Crippen LogP contribution in [-0.2, 0) is 11.2 Å². The van der Waals surface area contributed by atoms with Crippen molar-refractivity contribution in [2.75, 3.05) is 5.32 Å². The molecule has 3 nitrogen and oxygen atoms in total. The van der Waals surface area contributed by atoms with Crippen LogP contribution in [0.25, 0.3) is 11.0 Å². The van der Waals surface area contributed by atoms with Crippen molar-refractivity contribution in [1.29, 1.82) is 0 Å². The number of fused-ring (bicyclic) bond motifs is 1. The molecule has 1 heterocycles. The molecule has 3 heteroatoms. The van der Waals surface area contributed by atoms with Crippen LogP contribution in [0, 0.1) is 20.8 Å². The summed E-state index contributed by atoms with van der Waals surface area (Å²) in [5.41, 5.74) is 6.02. The fraction of sp³-hybridized carbons (Fsp3) is 0.211. The predicted molar refractivity (Wildman–Crippen MR) is 89.2 cm³/mol. The molecular formula is C19H19NO2. The summed E-state index contributed by atoms with van der Waals surface area (Å²) in [6, 6.07) is 11.9. The smallest absolute Gasteiger partial charge is 0.228 e. The van der Waals surface area contributed by atoms with Gasteiger partial charge in [-0.2, -0.15) is 0 Å². The summed E-state index contributed by atoms with van der Waals surface area (Å²) in [5.74, 6) is -0.0340. The largest absolute Gasteiger partial charge is 0.464 e. The Bertz CT molecular complexity index is 846. The Balaban J connectivity index is 1.83. The second kappa shape index (κ2) is 5.68. The van der Waals surface area contributed by atoms with Crippen molar-refractivity contribution in [1.82, 2.24) is 0 Å². The maximum Gasteiger partial charge on any atom is 0.228 e. The highest BCUT2D eigenvalue weighted by atomic mass is 16.3. The number of hydrogen-bond donors (Lipinski definition) is 1. The number of furan rings is 1. The van der Waals surface area contributed by atoms with Gasteiger partial charge in [0.05, 0.1) is 12.7 Å². The number of carbonyl (C=O) groups excluding carboxylic acids is 1. The van der Waals surface area contributed by atoms with E-state index in [4.69, 9.17) is 4.42 Å². The lowest BCUT2D eigenvalue weighted by atomic mass is 10.0. The molecule has 0 aliphatic heterocycles. The van der Waals surface area contributed by atoms with E-state index in [2.05, 4.69) is 11.4 Å². The Labute approximate surface area is 130 Å². The standard InChI is InChI=1S/C19H19NO2/c1-12-5-4-6-16(8-12)20-18(21)10-15-11-22-17-9-13(2)7-14(3)19(15)17/h4-9,11H,10H2,1-3H3,(H,20,21). The number of carbonyl (C=O) groups is 1. The van der Waals surface area contributed by atoms with Gasteiger partial charge in [-0.05, 0) is 55.7 Å². The summed E-state index contributed by atoms with van der Waals surface area (Å²) >= 11 is 0. The van der Waals surface area contributed by atoms with Gasteiger partial charge in [0.15, 0.2) is 0 Å². The van der Waals surface area contributed by atoms with Crippen molar-refractivity contribution in [3.63, 3.8) is 0 Å². The van der Waals surface area contributed by atoms with Gasteiger partial charge in [0.25, 0.3) is 0 Å². The maximum atomic E-state index is 12.3. The lowest BCUT2D eigenvalue weighted by Gasteiger charge is -2.06. The fourth-order valence-electron chi connectivity index (χ4n) is 2.86. The number of benzene rings is 2. The second-order valence-corrected chi connectivity index (χ2v) is 5.81. The first-order chi connectivity index (χ1) is 10.5. The number of amides is 1. The van der Waals surface area contributed by atoms with E-state index in [9.17, 15) is 4.79 Å². The zero-order valence-electron chi connectivity index (χ0n) is 13.1. The average molecular weight is 293 g/mol. The van der Waals surface area contributed by atoms with E-state index in [0.29, 0.717) is 6.42 Å². The minimum atomic E-state index is -0.0340. The van der Waals surface area contributed by atoms with Gasteiger partial charge in [-0.1, -0.05) is 18.2 Å². The van der Waals surface area contributed by atoms with Crippen molar-refractivity contribution in [3.05, 3.63) is 64.9 Å². The first kappa shape index (κ1) is 14.4. The van der Waals surface area contributed by atoms with Crippen LogP contribution in [0.2, 0.25) is 0 Å². The molecule has 0 aliphatic rings. The molecule has 22 heavy (non-hydrogen) atoms. The molecule has 2 aromatic carbocycles. The van der Waals surface area contributed by atoms with Gasteiger partial charge in [0, 0.05) is 16.6 Å². The molecule has 1 N–H and O–H groups in total. The third kappa shape index (κ3) is 2.89. The maximum absolute atomic E-state index is 12.3. The molecule has 3 aromatic rings. The van der Waals surface area contributed by atoms with E-state index in [-0.39, 0.29) is 5.91 Å². The van der Waals surface area contributed by atoms with Crippen molar-refractivity contribution >= 4 is 22.6 Å². The highest BCUT2D eigenvalue weighted by Crippen LogP contribution is 2.26. The van der Waals surface area contributed by atoms with Crippen molar-refractivity contribution in [2.24, 2.45) is 0 Å². The molecule has 0 radical (unpaired) electrons. The summed E-state index contributed by atoms with van der Waals surface area (Å²) in [4.78, 5) is 12.3. The van der Waals surface area contributed by atoms with Gasteiger partial charge in [-0.3, -0.25) is 4.79 Å². The number of nitrogens with one attached hydrogen (secondary N) is 1. The van der Waals surface area contributed by atoms with E-state index in [0.717, 1.165) is 38.9 Å². The van der Waals surface area contributed by atoms with E-state index in [1.54, 1.807) is 6.26 Å². The van der Waals surface area contributed by atoms with Crippen molar-refractivity contribution < 1.29 is 9.21 Å². The SMILES string of the molecule is Cc1cccc(NC(=O)Cc2coc3cc(C)cc(C)c23)c1. The molecule has 0 atom stereocenters. The van der Waals surface area contributed by atoms with Crippen LogP contribution >= 0.6 is 0 Å². The molecule has 0 spiro atoms. The van der Waals surface area contributed by atoms with E-state index in [1.165, 1.54) is 0 Å². The summed E-state index contributed by atoms with van der Waals surface area (Å²) in [5, 5.41) is 3.98. The lowest BCUT2D eigenvalue weighted by molar-refractivity contribution is -0.115. The Hall–Kier alpha value is -2.55. The molecule has 0 aliphatic carbocycles. The van der Waals surface area contributed by atoms with Crippen molar-refractivity contribution in [2.45, 2.75) is 27.2 Å². The van der Waals surface area contributed by atoms with Gasteiger partial charge in [-0.25, -0.2) is 0 Å². The summed E-state index contributed by atoms with van der Waals surface area (Å²) < 4.78 is 5.60.